The first-order valence-electron chi connectivity index (χ1n) is 8.35. The zero-order valence-corrected chi connectivity index (χ0v) is 14.4. The van der Waals surface area contributed by atoms with E-state index in [-0.39, 0.29) is 5.82 Å². The van der Waals surface area contributed by atoms with Crippen LogP contribution in [0.5, 0.6) is 0 Å². The molecule has 124 valence electrons. The van der Waals surface area contributed by atoms with Crippen LogP contribution in [-0.4, -0.2) is 9.97 Å². The molecule has 3 heteroatoms. The molecule has 0 fully saturated rings. The van der Waals surface area contributed by atoms with Gasteiger partial charge in [0.25, 0.3) is 0 Å². The van der Waals surface area contributed by atoms with Gasteiger partial charge in [0.2, 0.25) is 0 Å². The minimum absolute atomic E-state index is 0.183. The average molecular weight is 330 g/mol. The van der Waals surface area contributed by atoms with Gasteiger partial charge in [0.05, 0.1) is 5.56 Å². The van der Waals surface area contributed by atoms with Crippen molar-refractivity contribution in [1.82, 2.24) is 9.97 Å². The van der Waals surface area contributed by atoms with Crippen LogP contribution in [0.2, 0.25) is 0 Å². The van der Waals surface area contributed by atoms with Gasteiger partial charge in [-0.25, -0.2) is 14.4 Å². The Morgan fingerprint density at radius 1 is 0.960 bits per heavy atom. The number of hydrogen-bond donors (Lipinski definition) is 0. The highest BCUT2D eigenvalue weighted by Gasteiger charge is 2.07. The molecule has 25 heavy (non-hydrogen) atoms. The van der Waals surface area contributed by atoms with Gasteiger partial charge >= 0.3 is 0 Å². The molecule has 0 spiro atoms. The van der Waals surface area contributed by atoms with E-state index in [1.165, 1.54) is 0 Å². The maximum atomic E-state index is 14.4. The fraction of sp³-hybridized carbons (Fsp3) is 0.182. The molecule has 0 aliphatic carbocycles. The van der Waals surface area contributed by atoms with Crippen LogP contribution < -0.4 is 0 Å². The predicted octanol–water partition coefficient (Wildman–Crippen LogP) is 5.27. The van der Waals surface area contributed by atoms with Crippen LogP contribution >= 0.6 is 0 Å². The topological polar surface area (TPSA) is 25.8 Å². The summed E-state index contributed by atoms with van der Waals surface area (Å²) < 4.78 is 14.4. The molecule has 0 radical (unpaired) electrons. The number of hydrogen-bond acceptors (Lipinski definition) is 2. The van der Waals surface area contributed by atoms with Crippen molar-refractivity contribution in [2.45, 2.75) is 26.7 Å². The fourth-order valence-electron chi connectivity index (χ4n) is 2.72. The third-order valence-corrected chi connectivity index (χ3v) is 3.95. The molecule has 1 aromatic heterocycles. The normalized spacial score (nSPS) is 10.2. The van der Waals surface area contributed by atoms with Gasteiger partial charge in [0, 0.05) is 23.5 Å². The molecule has 3 rings (SSSR count). The summed E-state index contributed by atoms with van der Waals surface area (Å²) in [6, 6.07) is 13.1. The van der Waals surface area contributed by atoms with Crippen LogP contribution in [0.1, 0.15) is 31.4 Å². The number of benzene rings is 2. The fourth-order valence-corrected chi connectivity index (χ4v) is 2.72. The van der Waals surface area contributed by atoms with Gasteiger partial charge in [-0.2, -0.15) is 0 Å². The summed E-state index contributed by atoms with van der Waals surface area (Å²) in [6.07, 6.45) is 5.32. The SMILES string of the molecule is CC#Cc1cnc(-c2ccc(-c3ccc(CCC)cc3F)cc2)nc1. The molecule has 2 nitrogen and oxygen atoms in total. The lowest BCUT2D eigenvalue weighted by atomic mass is 10.0. The number of aryl methyl sites for hydroxylation is 1. The van der Waals surface area contributed by atoms with E-state index in [0.717, 1.165) is 35.1 Å². The van der Waals surface area contributed by atoms with Crippen molar-refractivity contribution in [3.05, 3.63) is 71.8 Å². The van der Waals surface area contributed by atoms with Gasteiger partial charge in [0.1, 0.15) is 5.82 Å². The largest absolute Gasteiger partial charge is 0.235 e. The van der Waals surface area contributed by atoms with E-state index in [4.69, 9.17) is 0 Å². The van der Waals surface area contributed by atoms with E-state index in [1.54, 1.807) is 25.4 Å². The van der Waals surface area contributed by atoms with E-state index in [0.29, 0.717) is 11.4 Å². The lowest BCUT2D eigenvalue weighted by molar-refractivity contribution is 0.628. The van der Waals surface area contributed by atoms with Crippen molar-refractivity contribution in [2.75, 3.05) is 0 Å². The van der Waals surface area contributed by atoms with Gasteiger partial charge < -0.3 is 0 Å². The predicted molar refractivity (Wildman–Crippen MR) is 99.4 cm³/mol. The first kappa shape index (κ1) is 16.9. The summed E-state index contributed by atoms with van der Waals surface area (Å²) in [7, 11) is 0. The molecule has 0 aliphatic heterocycles. The van der Waals surface area contributed by atoms with Crippen molar-refractivity contribution in [3.8, 4) is 34.4 Å². The molecule has 0 bridgehead atoms. The van der Waals surface area contributed by atoms with Gasteiger partial charge in [0.15, 0.2) is 5.82 Å². The zero-order chi connectivity index (χ0) is 17.6. The van der Waals surface area contributed by atoms with Gasteiger partial charge in [-0.1, -0.05) is 55.7 Å². The second kappa shape index (κ2) is 7.72. The van der Waals surface area contributed by atoms with Crippen molar-refractivity contribution in [2.24, 2.45) is 0 Å². The van der Waals surface area contributed by atoms with Gasteiger partial charge in [-0.15, -0.1) is 5.92 Å². The number of aromatic nitrogens is 2. The standard InChI is InChI=1S/C22H19FN2/c1-3-5-16-7-12-20(21(23)13-16)18-8-10-19(11-9-18)22-24-14-17(6-4-2)15-25-22/h7-15H,3,5H2,1-2H3. The first-order valence-corrected chi connectivity index (χ1v) is 8.35. The van der Waals surface area contributed by atoms with E-state index in [1.807, 2.05) is 36.4 Å². The monoisotopic (exact) mass is 330 g/mol. The molecule has 0 saturated heterocycles. The van der Waals surface area contributed by atoms with Crippen molar-refractivity contribution < 1.29 is 4.39 Å². The second-order valence-corrected chi connectivity index (χ2v) is 5.81. The van der Waals surface area contributed by atoms with Crippen molar-refractivity contribution in [1.29, 1.82) is 0 Å². The molecule has 0 N–H and O–H groups in total. The Labute approximate surface area is 147 Å². The lowest BCUT2D eigenvalue weighted by Crippen LogP contribution is -1.91. The molecule has 0 amide bonds. The highest BCUT2D eigenvalue weighted by atomic mass is 19.1. The molecule has 3 aromatic rings. The Balaban J connectivity index is 1.85. The first-order chi connectivity index (χ1) is 12.2. The van der Waals surface area contributed by atoms with E-state index in [9.17, 15) is 4.39 Å². The summed E-state index contributed by atoms with van der Waals surface area (Å²) in [5, 5.41) is 0. The molecule has 0 unspecified atom stereocenters. The van der Waals surface area contributed by atoms with Gasteiger partial charge in [-0.3, -0.25) is 0 Å². The quantitative estimate of drug-likeness (QED) is 0.609. The van der Waals surface area contributed by atoms with Crippen molar-refractivity contribution in [3.63, 3.8) is 0 Å². The highest BCUT2D eigenvalue weighted by Crippen LogP contribution is 2.26. The third-order valence-electron chi connectivity index (χ3n) is 3.95. The molecule has 0 aliphatic rings. The number of halogens is 1. The molecule has 0 saturated carbocycles. The molecule has 0 atom stereocenters. The Morgan fingerprint density at radius 3 is 2.24 bits per heavy atom. The Hall–Kier alpha value is -2.99. The third kappa shape index (κ3) is 3.92. The molecule has 1 heterocycles. The highest BCUT2D eigenvalue weighted by molar-refractivity contribution is 5.68. The van der Waals surface area contributed by atoms with Crippen LogP contribution in [0.25, 0.3) is 22.5 Å². The summed E-state index contributed by atoms with van der Waals surface area (Å²) in [6.45, 7) is 3.87. The van der Waals surface area contributed by atoms with Crippen LogP contribution in [0.3, 0.4) is 0 Å². The maximum absolute atomic E-state index is 14.4. The Kier molecular flexibility index (Phi) is 5.20. The van der Waals surface area contributed by atoms with Gasteiger partial charge in [-0.05, 0) is 30.5 Å². The molecule has 2 aromatic carbocycles. The van der Waals surface area contributed by atoms with Crippen molar-refractivity contribution >= 4 is 0 Å². The molecular formula is C22H19FN2. The van der Waals surface area contributed by atoms with Crippen LogP contribution in [0, 0.1) is 17.7 Å². The summed E-state index contributed by atoms with van der Waals surface area (Å²) >= 11 is 0. The average Bonchev–Trinajstić information content (AvgIpc) is 2.63. The van der Waals surface area contributed by atoms with Crippen LogP contribution in [0.4, 0.5) is 4.39 Å². The van der Waals surface area contributed by atoms with Crippen LogP contribution in [0.15, 0.2) is 54.9 Å². The smallest absolute Gasteiger partial charge is 0.159 e. The number of nitrogens with zero attached hydrogens (tertiary/aromatic N) is 2. The van der Waals surface area contributed by atoms with Crippen LogP contribution in [-0.2, 0) is 6.42 Å². The second-order valence-electron chi connectivity index (χ2n) is 5.81. The molecular weight excluding hydrogens is 311 g/mol. The minimum atomic E-state index is -0.183. The van der Waals surface area contributed by atoms with E-state index in [2.05, 4.69) is 28.7 Å². The number of rotatable bonds is 4. The summed E-state index contributed by atoms with van der Waals surface area (Å²) in [5.74, 6) is 6.19. The maximum Gasteiger partial charge on any atom is 0.159 e. The minimum Gasteiger partial charge on any atom is -0.235 e. The summed E-state index contributed by atoms with van der Waals surface area (Å²) in [4.78, 5) is 8.66. The van der Waals surface area contributed by atoms with E-state index < -0.39 is 0 Å². The Bertz CT molecular complexity index is 917. The Morgan fingerprint density at radius 2 is 1.64 bits per heavy atom. The lowest BCUT2D eigenvalue weighted by Gasteiger charge is -2.07. The zero-order valence-electron chi connectivity index (χ0n) is 14.4. The van der Waals surface area contributed by atoms with E-state index >= 15 is 0 Å². The summed E-state index contributed by atoms with van der Waals surface area (Å²) in [5.41, 5.74) is 4.17.